The predicted octanol–water partition coefficient (Wildman–Crippen LogP) is 2.91. The number of amides is 2. The second kappa shape index (κ2) is 7.60. The molecule has 0 radical (unpaired) electrons. The molecular formula is C23H30N2O5. The van der Waals surface area contributed by atoms with Crippen molar-refractivity contribution in [2.24, 2.45) is 5.92 Å². The van der Waals surface area contributed by atoms with Gasteiger partial charge >= 0.3 is 5.97 Å². The van der Waals surface area contributed by atoms with Gasteiger partial charge in [0.2, 0.25) is 5.91 Å². The summed E-state index contributed by atoms with van der Waals surface area (Å²) in [6.07, 6.45) is 2.07. The normalized spacial score (nSPS) is 27.7. The van der Waals surface area contributed by atoms with Crippen LogP contribution in [0, 0.1) is 5.92 Å². The number of carbonyl (C=O) groups is 3. The molecule has 0 spiro atoms. The molecule has 1 aromatic rings. The Morgan fingerprint density at radius 3 is 2.67 bits per heavy atom. The molecule has 0 saturated carbocycles. The van der Waals surface area contributed by atoms with Crippen molar-refractivity contribution < 1.29 is 23.9 Å². The van der Waals surface area contributed by atoms with E-state index in [0.717, 1.165) is 12.8 Å². The molecular weight excluding hydrogens is 384 g/mol. The van der Waals surface area contributed by atoms with Crippen LogP contribution in [0.2, 0.25) is 0 Å². The van der Waals surface area contributed by atoms with Crippen LogP contribution in [-0.2, 0) is 19.1 Å². The van der Waals surface area contributed by atoms with Gasteiger partial charge in [0.05, 0.1) is 11.6 Å². The van der Waals surface area contributed by atoms with Crippen LogP contribution in [0.3, 0.4) is 0 Å². The summed E-state index contributed by atoms with van der Waals surface area (Å²) in [4.78, 5) is 41.9. The fourth-order valence-corrected chi connectivity index (χ4v) is 4.93. The zero-order valence-electron chi connectivity index (χ0n) is 18.1. The fraction of sp³-hybridized carbons (Fsp3) is 0.609. The van der Waals surface area contributed by atoms with E-state index in [1.165, 1.54) is 0 Å². The zero-order chi connectivity index (χ0) is 21.6. The van der Waals surface area contributed by atoms with Gasteiger partial charge in [-0.2, -0.15) is 0 Å². The third-order valence-corrected chi connectivity index (χ3v) is 6.16. The van der Waals surface area contributed by atoms with Crippen LogP contribution >= 0.6 is 0 Å². The van der Waals surface area contributed by atoms with Crippen molar-refractivity contribution >= 4 is 23.5 Å². The molecule has 0 aliphatic carbocycles. The second-order valence-corrected chi connectivity index (χ2v) is 9.44. The molecule has 3 aliphatic heterocycles. The number of carbonyl (C=O) groups excluding carboxylic acids is 3. The van der Waals surface area contributed by atoms with E-state index in [9.17, 15) is 14.4 Å². The van der Waals surface area contributed by atoms with Crippen molar-refractivity contribution in [3.63, 3.8) is 0 Å². The van der Waals surface area contributed by atoms with Gasteiger partial charge in [-0.3, -0.25) is 14.4 Å². The first-order valence-corrected chi connectivity index (χ1v) is 10.8. The van der Waals surface area contributed by atoms with Crippen molar-refractivity contribution in [3.8, 4) is 5.75 Å². The standard InChI is InChI=1S/C23H30N2O5/c1-14-21(27)24(18-7-5-6-8-19(18)29-14)12-11-20(26)25-15-9-10-17(25)16(13-15)22(28)30-23(2,3)4/h5-8,14-17H,9-13H2,1-4H3/t14-,15+,16-,17+/m1/s1. The number of para-hydroxylation sites is 2. The second-order valence-electron chi connectivity index (χ2n) is 9.44. The van der Waals surface area contributed by atoms with Crippen molar-refractivity contribution in [3.05, 3.63) is 24.3 Å². The van der Waals surface area contributed by atoms with Crippen molar-refractivity contribution in [1.29, 1.82) is 0 Å². The Bertz CT molecular complexity index is 861. The highest BCUT2D eigenvalue weighted by atomic mass is 16.6. The van der Waals surface area contributed by atoms with Crippen LogP contribution in [0.15, 0.2) is 24.3 Å². The lowest BCUT2D eigenvalue weighted by Gasteiger charge is -2.33. The summed E-state index contributed by atoms with van der Waals surface area (Å²) in [6, 6.07) is 7.38. The summed E-state index contributed by atoms with van der Waals surface area (Å²) < 4.78 is 11.2. The molecule has 2 bridgehead atoms. The maximum absolute atomic E-state index is 13.1. The monoisotopic (exact) mass is 414 g/mol. The highest BCUT2D eigenvalue weighted by molar-refractivity contribution is 6.00. The quantitative estimate of drug-likeness (QED) is 0.708. The highest BCUT2D eigenvalue weighted by Crippen LogP contribution is 2.43. The number of esters is 1. The molecule has 0 aromatic heterocycles. The Balaban J connectivity index is 1.43. The Hall–Kier alpha value is -2.57. The molecule has 2 fully saturated rings. The van der Waals surface area contributed by atoms with Crippen molar-refractivity contribution in [1.82, 2.24) is 4.90 Å². The largest absolute Gasteiger partial charge is 0.479 e. The van der Waals surface area contributed by atoms with Gasteiger partial charge in [0.15, 0.2) is 6.10 Å². The molecule has 4 rings (SSSR count). The maximum Gasteiger partial charge on any atom is 0.311 e. The van der Waals surface area contributed by atoms with E-state index in [0.29, 0.717) is 24.4 Å². The fourth-order valence-electron chi connectivity index (χ4n) is 4.93. The van der Waals surface area contributed by atoms with Crippen LogP contribution < -0.4 is 9.64 Å². The maximum atomic E-state index is 13.1. The van der Waals surface area contributed by atoms with E-state index in [1.807, 2.05) is 49.9 Å². The first kappa shape index (κ1) is 20.7. The Labute approximate surface area is 177 Å². The Morgan fingerprint density at radius 1 is 1.20 bits per heavy atom. The number of hydrogen-bond donors (Lipinski definition) is 0. The summed E-state index contributed by atoms with van der Waals surface area (Å²) in [6.45, 7) is 7.60. The van der Waals surface area contributed by atoms with Crippen molar-refractivity contribution in [2.45, 2.75) is 77.2 Å². The van der Waals surface area contributed by atoms with Crippen molar-refractivity contribution in [2.75, 3.05) is 11.4 Å². The van der Waals surface area contributed by atoms with E-state index in [2.05, 4.69) is 0 Å². The minimum Gasteiger partial charge on any atom is -0.479 e. The van der Waals surface area contributed by atoms with E-state index < -0.39 is 11.7 Å². The molecule has 4 atom stereocenters. The predicted molar refractivity (Wildman–Crippen MR) is 111 cm³/mol. The number of rotatable bonds is 4. The third kappa shape index (κ3) is 3.77. The van der Waals surface area contributed by atoms with E-state index in [-0.39, 0.29) is 42.2 Å². The number of fused-ring (bicyclic) bond motifs is 3. The van der Waals surface area contributed by atoms with Crippen LogP contribution in [0.1, 0.15) is 53.4 Å². The molecule has 7 nitrogen and oxygen atoms in total. The summed E-state index contributed by atoms with van der Waals surface area (Å²) in [5.41, 5.74) is 0.165. The smallest absolute Gasteiger partial charge is 0.311 e. The molecule has 162 valence electrons. The van der Waals surface area contributed by atoms with Gasteiger partial charge < -0.3 is 19.3 Å². The average molecular weight is 415 g/mol. The minimum absolute atomic E-state index is 0.00187. The Morgan fingerprint density at radius 2 is 1.93 bits per heavy atom. The topological polar surface area (TPSA) is 76.2 Å². The van der Waals surface area contributed by atoms with Gasteiger partial charge in [-0.25, -0.2) is 0 Å². The summed E-state index contributed by atoms with van der Waals surface area (Å²) in [7, 11) is 0. The number of hydrogen-bond acceptors (Lipinski definition) is 5. The zero-order valence-corrected chi connectivity index (χ0v) is 18.1. The van der Waals surface area contributed by atoms with Gasteiger partial charge in [-0.15, -0.1) is 0 Å². The lowest BCUT2D eigenvalue weighted by Crippen LogP contribution is -2.46. The summed E-state index contributed by atoms with van der Waals surface area (Å²) in [5, 5.41) is 0. The molecule has 3 aliphatic rings. The average Bonchev–Trinajstić information content (AvgIpc) is 3.25. The number of nitrogens with zero attached hydrogens (tertiary/aromatic N) is 2. The molecule has 2 amide bonds. The van der Waals surface area contributed by atoms with E-state index in [4.69, 9.17) is 9.47 Å². The van der Waals surface area contributed by atoms with E-state index >= 15 is 0 Å². The van der Waals surface area contributed by atoms with Crippen LogP contribution in [0.25, 0.3) is 0 Å². The third-order valence-electron chi connectivity index (χ3n) is 6.16. The molecule has 7 heteroatoms. The lowest BCUT2D eigenvalue weighted by molar-refractivity contribution is -0.161. The van der Waals surface area contributed by atoms with E-state index in [1.54, 1.807) is 11.8 Å². The van der Waals surface area contributed by atoms with Gasteiger partial charge in [-0.1, -0.05) is 12.1 Å². The Kier molecular flexibility index (Phi) is 5.24. The molecule has 3 heterocycles. The molecule has 2 saturated heterocycles. The molecule has 30 heavy (non-hydrogen) atoms. The van der Waals surface area contributed by atoms with Gasteiger partial charge in [-0.05, 0) is 59.1 Å². The number of anilines is 1. The van der Waals surface area contributed by atoms with Crippen LogP contribution in [-0.4, -0.2) is 53.0 Å². The number of ether oxygens (including phenoxy) is 2. The number of benzene rings is 1. The van der Waals surface area contributed by atoms with Gasteiger partial charge in [0.25, 0.3) is 5.91 Å². The minimum atomic E-state index is -0.575. The first-order chi connectivity index (χ1) is 14.2. The first-order valence-electron chi connectivity index (χ1n) is 10.8. The molecule has 0 unspecified atom stereocenters. The van der Waals surface area contributed by atoms with Crippen LogP contribution in [0.5, 0.6) is 5.75 Å². The summed E-state index contributed by atoms with van der Waals surface area (Å²) in [5.74, 6) is 0.0510. The van der Waals surface area contributed by atoms with Gasteiger partial charge in [0.1, 0.15) is 11.4 Å². The highest BCUT2D eigenvalue weighted by Gasteiger charge is 2.52. The SMILES string of the molecule is C[C@H]1Oc2ccccc2N(CCC(=O)N2[C@H]3CC[C@H]2[C@H](C(=O)OC(C)(C)C)C3)C1=O. The lowest BCUT2D eigenvalue weighted by atomic mass is 9.89. The molecule has 1 aromatic carbocycles. The molecule has 0 N–H and O–H groups in total. The van der Waals surface area contributed by atoms with Crippen LogP contribution in [0.4, 0.5) is 5.69 Å². The summed E-state index contributed by atoms with van der Waals surface area (Å²) >= 11 is 0. The van der Waals surface area contributed by atoms with Gasteiger partial charge in [0, 0.05) is 25.0 Å².